The lowest BCUT2D eigenvalue weighted by Gasteiger charge is -2.16. The van der Waals surface area contributed by atoms with Crippen molar-refractivity contribution in [2.45, 2.75) is 33.0 Å². The Morgan fingerprint density at radius 2 is 1.62 bits per heavy atom. The van der Waals surface area contributed by atoms with E-state index in [9.17, 15) is 4.79 Å². The van der Waals surface area contributed by atoms with E-state index < -0.39 is 0 Å². The number of benzene rings is 3. The number of nitriles is 1. The number of unbranched alkanes of at least 4 members (excludes halogenated alkanes) is 1. The molecule has 0 saturated carbocycles. The van der Waals surface area contributed by atoms with Crippen LogP contribution < -0.4 is 14.2 Å². The van der Waals surface area contributed by atoms with E-state index in [-0.39, 0.29) is 29.5 Å². The Hall–Kier alpha value is -3.76. The molecule has 204 valence electrons. The molecule has 0 radical (unpaired) electrons. The third-order valence-corrected chi connectivity index (χ3v) is 7.11. The van der Waals surface area contributed by atoms with Crippen molar-refractivity contribution in [2.75, 3.05) is 6.61 Å². The van der Waals surface area contributed by atoms with Gasteiger partial charge in [-0.1, -0.05) is 78.5 Å². The molecule has 1 aromatic heterocycles. The van der Waals surface area contributed by atoms with Gasteiger partial charge in [0.2, 0.25) is 0 Å². The summed E-state index contributed by atoms with van der Waals surface area (Å²) in [7, 11) is 0. The summed E-state index contributed by atoms with van der Waals surface area (Å²) in [5, 5.41) is 10.3. The van der Waals surface area contributed by atoms with E-state index in [2.05, 4.69) is 11.9 Å². The van der Waals surface area contributed by atoms with Gasteiger partial charge in [0.05, 0.1) is 32.8 Å². The minimum Gasteiger partial charge on any atom is -0.492 e. The number of aromatic nitrogens is 1. The van der Waals surface area contributed by atoms with Crippen LogP contribution in [0.4, 0.5) is 0 Å². The molecule has 0 fully saturated rings. The van der Waals surface area contributed by atoms with Crippen LogP contribution in [0.25, 0.3) is 11.1 Å². The summed E-state index contributed by atoms with van der Waals surface area (Å²) in [6.45, 7) is 2.88. The summed E-state index contributed by atoms with van der Waals surface area (Å²) in [5.74, 6) is 1.20. The van der Waals surface area contributed by atoms with Gasteiger partial charge in [-0.2, -0.15) is 5.26 Å². The van der Waals surface area contributed by atoms with E-state index in [0.717, 1.165) is 24.0 Å². The average Bonchev–Trinajstić information content (AvgIpc) is 2.97. The summed E-state index contributed by atoms with van der Waals surface area (Å²) >= 11 is 19.9. The molecule has 0 amide bonds. The summed E-state index contributed by atoms with van der Waals surface area (Å²) in [6, 6.07) is 17.9. The van der Waals surface area contributed by atoms with Crippen LogP contribution in [0.1, 0.15) is 46.8 Å². The predicted molar refractivity (Wildman–Crippen MR) is 157 cm³/mol. The topological polar surface area (TPSA) is 81.4 Å². The van der Waals surface area contributed by atoms with Gasteiger partial charge in [-0.3, -0.25) is 9.78 Å². The second-order valence-electron chi connectivity index (χ2n) is 8.81. The second-order valence-corrected chi connectivity index (χ2v) is 9.97. The molecule has 0 aliphatic heterocycles. The molecule has 4 aromatic rings. The van der Waals surface area contributed by atoms with Crippen LogP contribution in [-0.4, -0.2) is 17.9 Å². The number of hydrogen-bond donors (Lipinski definition) is 0. The SMILES string of the molecule is CCCCOc1cccc(-c2cccc(COc3cc(OCc4cncc(C#N)c4)c(C=O)cc3Cl)c2Cl)c1Cl. The van der Waals surface area contributed by atoms with Crippen molar-refractivity contribution < 1.29 is 19.0 Å². The van der Waals surface area contributed by atoms with Crippen molar-refractivity contribution >= 4 is 41.1 Å². The molecule has 0 saturated heterocycles. The van der Waals surface area contributed by atoms with Gasteiger partial charge in [0.25, 0.3) is 0 Å². The van der Waals surface area contributed by atoms with Crippen LogP contribution in [0, 0.1) is 11.3 Å². The monoisotopic (exact) mass is 594 g/mol. The fourth-order valence-corrected chi connectivity index (χ4v) is 4.67. The van der Waals surface area contributed by atoms with E-state index >= 15 is 0 Å². The lowest BCUT2D eigenvalue weighted by molar-refractivity contribution is 0.111. The zero-order valence-corrected chi connectivity index (χ0v) is 23.9. The number of pyridine rings is 1. The quantitative estimate of drug-likeness (QED) is 0.120. The highest BCUT2D eigenvalue weighted by molar-refractivity contribution is 6.37. The molecule has 0 aliphatic rings. The smallest absolute Gasteiger partial charge is 0.153 e. The number of carbonyl (C=O) groups excluding carboxylic acids is 1. The summed E-state index contributed by atoms with van der Waals surface area (Å²) in [4.78, 5) is 15.7. The lowest BCUT2D eigenvalue weighted by atomic mass is 10.0. The van der Waals surface area contributed by atoms with Crippen LogP contribution in [0.3, 0.4) is 0 Å². The molecule has 9 heteroatoms. The standard InChI is InChI=1S/C31H25Cl3N2O4/c1-2-3-10-38-27-9-5-8-25(31(27)34)24-7-4-6-22(30(24)33)19-40-29-13-28(23(17-37)12-26(29)32)39-18-21-11-20(14-35)15-36-16-21/h4-9,11-13,15-17H,2-3,10,18-19H2,1H3. The van der Waals surface area contributed by atoms with E-state index in [0.29, 0.717) is 51.1 Å². The first kappa shape index (κ1) is 29.2. The van der Waals surface area contributed by atoms with Crippen molar-refractivity contribution in [3.8, 4) is 34.4 Å². The van der Waals surface area contributed by atoms with Crippen molar-refractivity contribution in [2.24, 2.45) is 0 Å². The fourth-order valence-electron chi connectivity index (χ4n) is 3.88. The molecule has 40 heavy (non-hydrogen) atoms. The van der Waals surface area contributed by atoms with Gasteiger partial charge < -0.3 is 14.2 Å². The average molecular weight is 596 g/mol. The number of rotatable bonds is 12. The maximum absolute atomic E-state index is 11.7. The molecule has 0 N–H and O–H groups in total. The zero-order valence-electron chi connectivity index (χ0n) is 21.6. The minimum absolute atomic E-state index is 0.0975. The number of carbonyl (C=O) groups is 1. The number of hydrogen-bond acceptors (Lipinski definition) is 6. The molecule has 0 unspecified atom stereocenters. The third-order valence-electron chi connectivity index (χ3n) is 5.98. The Morgan fingerprint density at radius 3 is 2.38 bits per heavy atom. The molecule has 1 heterocycles. The Kier molecular flexibility index (Phi) is 10.3. The van der Waals surface area contributed by atoms with Gasteiger partial charge in [0.1, 0.15) is 36.5 Å². The van der Waals surface area contributed by atoms with Crippen LogP contribution in [0.5, 0.6) is 17.2 Å². The van der Waals surface area contributed by atoms with Crippen molar-refractivity contribution in [3.63, 3.8) is 0 Å². The minimum atomic E-state index is 0.0975. The number of ether oxygens (including phenoxy) is 3. The van der Waals surface area contributed by atoms with E-state index in [4.69, 9.17) is 54.3 Å². The van der Waals surface area contributed by atoms with Crippen LogP contribution >= 0.6 is 34.8 Å². The molecule has 0 spiro atoms. The summed E-state index contributed by atoms with van der Waals surface area (Å²) in [6.07, 6.45) is 5.65. The predicted octanol–water partition coefficient (Wildman–Crippen LogP) is 8.73. The molecule has 6 nitrogen and oxygen atoms in total. The number of aldehydes is 1. The van der Waals surface area contributed by atoms with E-state index in [1.807, 2.05) is 42.5 Å². The highest BCUT2D eigenvalue weighted by atomic mass is 35.5. The first-order valence-electron chi connectivity index (χ1n) is 12.5. The number of nitrogens with zero attached hydrogens (tertiary/aromatic N) is 2. The van der Waals surface area contributed by atoms with Crippen molar-refractivity contribution in [1.29, 1.82) is 5.26 Å². The summed E-state index contributed by atoms with van der Waals surface area (Å²) < 4.78 is 17.7. The van der Waals surface area contributed by atoms with Crippen LogP contribution in [-0.2, 0) is 13.2 Å². The van der Waals surface area contributed by atoms with Gasteiger partial charge in [0, 0.05) is 40.7 Å². The third kappa shape index (κ3) is 7.05. The molecule has 4 rings (SSSR count). The molecular formula is C31H25Cl3N2O4. The first-order valence-corrected chi connectivity index (χ1v) is 13.7. The largest absolute Gasteiger partial charge is 0.492 e. The molecule has 0 aliphatic carbocycles. The highest BCUT2D eigenvalue weighted by Crippen LogP contribution is 2.40. The van der Waals surface area contributed by atoms with Gasteiger partial charge in [-0.15, -0.1) is 0 Å². The zero-order chi connectivity index (χ0) is 28.5. The van der Waals surface area contributed by atoms with Crippen LogP contribution in [0.15, 0.2) is 67.0 Å². The Labute approximate surface area is 248 Å². The Bertz CT molecular complexity index is 1550. The van der Waals surface area contributed by atoms with Gasteiger partial charge in [-0.05, 0) is 24.6 Å². The first-order chi connectivity index (χ1) is 19.4. The van der Waals surface area contributed by atoms with Gasteiger partial charge >= 0.3 is 0 Å². The highest BCUT2D eigenvalue weighted by Gasteiger charge is 2.16. The second kappa shape index (κ2) is 14.0. The normalized spacial score (nSPS) is 10.6. The van der Waals surface area contributed by atoms with E-state index in [1.165, 1.54) is 12.3 Å². The van der Waals surface area contributed by atoms with Crippen LogP contribution in [0.2, 0.25) is 15.1 Å². The Balaban J connectivity index is 1.53. The molecule has 0 bridgehead atoms. The van der Waals surface area contributed by atoms with Gasteiger partial charge in [0.15, 0.2) is 6.29 Å². The summed E-state index contributed by atoms with van der Waals surface area (Å²) in [5.41, 5.74) is 3.56. The van der Waals surface area contributed by atoms with Gasteiger partial charge in [-0.25, -0.2) is 0 Å². The maximum atomic E-state index is 11.7. The van der Waals surface area contributed by atoms with E-state index in [1.54, 1.807) is 18.3 Å². The lowest BCUT2D eigenvalue weighted by Crippen LogP contribution is -2.02. The number of halogens is 3. The van der Waals surface area contributed by atoms with Crippen molar-refractivity contribution in [3.05, 3.63) is 104 Å². The maximum Gasteiger partial charge on any atom is 0.153 e. The Morgan fingerprint density at radius 1 is 0.875 bits per heavy atom. The van der Waals surface area contributed by atoms with Crippen molar-refractivity contribution in [1.82, 2.24) is 4.98 Å². The molecule has 0 atom stereocenters. The molecular weight excluding hydrogens is 571 g/mol. The molecule has 3 aromatic carbocycles. The fraction of sp³-hybridized carbons (Fsp3) is 0.194.